The molecule has 0 aliphatic carbocycles. The Bertz CT molecular complexity index is 342. The maximum atomic E-state index is 12.1. The van der Waals surface area contributed by atoms with Crippen LogP contribution < -0.4 is 0 Å². The van der Waals surface area contributed by atoms with Crippen molar-refractivity contribution in [2.24, 2.45) is 0 Å². The second kappa shape index (κ2) is 4.36. The van der Waals surface area contributed by atoms with E-state index in [0.29, 0.717) is 13.1 Å². The number of likely N-dealkylation sites (N-methyl/N-ethyl adjacent to an activating group) is 2. The van der Waals surface area contributed by atoms with Crippen molar-refractivity contribution >= 4 is 6.09 Å². The number of ether oxygens (including phenoxy) is 1. The highest BCUT2D eigenvalue weighted by atomic mass is 16.6. The van der Waals surface area contributed by atoms with Crippen molar-refractivity contribution in [1.82, 2.24) is 14.9 Å². The van der Waals surface area contributed by atoms with Gasteiger partial charge in [-0.2, -0.15) is 0 Å². The molecular formula is C12H23N3O3. The zero-order chi connectivity index (χ0) is 13.7. The molecule has 0 bridgehead atoms. The molecule has 3 atom stereocenters. The summed E-state index contributed by atoms with van der Waals surface area (Å²) in [5.41, 5.74) is -0.500. The molecule has 104 valence electrons. The number of β-amino-alcohol motifs (C(OH)–C–C–N with tert-alkyl or cyclic N) is 1. The summed E-state index contributed by atoms with van der Waals surface area (Å²) in [6, 6.07) is 0.153. The van der Waals surface area contributed by atoms with Gasteiger partial charge in [0, 0.05) is 19.6 Å². The van der Waals surface area contributed by atoms with Crippen LogP contribution in [0.3, 0.4) is 0 Å². The lowest BCUT2D eigenvalue weighted by molar-refractivity contribution is -0.0418. The number of carbonyl (C=O) groups is 1. The first kappa shape index (κ1) is 13.6. The van der Waals surface area contributed by atoms with Gasteiger partial charge in [0.05, 0.1) is 18.7 Å². The van der Waals surface area contributed by atoms with Gasteiger partial charge < -0.3 is 9.84 Å². The topological polar surface area (TPSA) is 56.3 Å². The maximum Gasteiger partial charge on any atom is 0.425 e. The quantitative estimate of drug-likeness (QED) is 0.668. The second-order valence-electron chi connectivity index (χ2n) is 6.20. The number of rotatable bonds is 0. The van der Waals surface area contributed by atoms with Gasteiger partial charge in [-0.15, -0.1) is 0 Å². The van der Waals surface area contributed by atoms with Crippen LogP contribution >= 0.6 is 0 Å². The number of hydrogen-bond donors (Lipinski definition) is 1. The third-order valence-electron chi connectivity index (χ3n) is 3.61. The molecule has 2 aliphatic heterocycles. The smallest absolute Gasteiger partial charge is 0.425 e. The van der Waals surface area contributed by atoms with Crippen molar-refractivity contribution in [2.45, 2.75) is 44.6 Å². The summed E-state index contributed by atoms with van der Waals surface area (Å²) in [4.78, 5) is 14.2. The summed E-state index contributed by atoms with van der Waals surface area (Å²) in [5.74, 6) is 0. The largest absolute Gasteiger partial charge is 0.443 e. The Morgan fingerprint density at radius 3 is 2.39 bits per heavy atom. The van der Waals surface area contributed by atoms with Crippen LogP contribution in [0.4, 0.5) is 4.79 Å². The Labute approximate surface area is 108 Å². The fourth-order valence-corrected chi connectivity index (χ4v) is 2.79. The highest BCUT2D eigenvalue weighted by Gasteiger charge is 2.51. The third-order valence-corrected chi connectivity index (χ3v) is 3.61. The fourth-order valence-electron chi connectivity index (χ4n) is 2.79. The van der Waals surface area contributed by atoms with E-state index in [-0.39, 0.29) is 18.2 Å². The van der Waals surface area contributed by atoms with Gasteiger partial charge in [-0.3, -0.25) is 4.90 Å². The van der Waals surface area contributed by atoms with Gasteiger partial charge >= 0.3 is 6.09 Å². The Kier molecular flexibility index (Phi) is 3.29. The van der Waals surface area contributed by atoms with E-state index in [9.17, 15) is 9.90 Å². The van der Waals surface area contributed by atoms with Crippen LogP contribution in [-0.2, 0) is 4.74 Å². The first-order chi connectivity index (χ1) is 8.20. The average Bonchev–Trinajstić information content (AvgIpc) is 2.65. The number of aliphatic hydroxyl groups is 1. The van der Waals surface area contributed by atoms with Gasteiger partial charge in [0.1, 0.15) is 5.60 Å². The standard InChI is InChI=1S/C12H23N3O3/c1-12(2,3)18-11(17)15-6-8-10(14(15)5)9(16)7-13(8)4/h8-10,16H,6-7H2,1-5H3. The van der Waals surface area contributed by atoms with Crippen molar-refractivity contribution in [2.75, 3.05) is 27.2 Å². The second-order valence-corrected chi connectivity index (χ2v) is 6.20. The van der Waals surface area contributed by atoms with Crippen LogP contribution in [0.1, 0.15) is 20.8 Å². The lowest BCUT2D eigenvalue weighted by atomic mass is 10.1. The Balaban J connectivity index is 2.07. The minimum absolute atomic E-state index is 0.0254. The van der Waals surface area contributed by atoms with E-state index in [4.69, 9.17) is 4.74 Å². The average molecular weight is 257 g/mol. The summed E-state index contributed by atoms with van der Waals surface area (Å²) in [7, 11) is 3.80. The number of aliphatic hydroxyl groups excluding tert-OH is 1. The van der Waals surface area contributed by atoms with Crippen molar-refractivity contribution in [1.29, 1.82) is 0 Å². The van der Waals surface area contributed by atoms with Crippen LogP contribution in [-0.4, -0.2) is 77.1 Å². The van der Waals surface area contributed by atoms with Crippen LogP contribution in [0, 0.1) is 0 Å². The van der Waals surface area contributed by atoms with Crippen LogP contribution in [0.15, 0.2) is 0 Å². The predicted molar refractivity (Wildman–Crippen MR) is 66.9 cm³/mol. The minimum Gasteiger partial charge on any atom is -0.443 e. The number of likely N-dealkylation sites (tertiary alicyclic amines) is 1. The Morgan fingerprint density at radius 1 is 1.28 bits per heavy atom. The molecule has 0 spiro atoms. The zero-order valence-corrected chi connectivity index (χ0v) is 11.8. The number of hydrogen-bond acceptors (Lipinski definition) is 5. The summed E-state index contributed by atoms with van der Waals surface area (Å²) in [6.45, 7) is 6.78. The molecule has 0 aromatic carbocycles. The molecule has 1 amide bonds. The number of fused-ring (bicyclic) bond motifs is 1. The molecular weight excluding hydrogens is 234 g/mol. The lowest BCUT2D eigenvalue weighted by Crippen LogP contribution is -2.47. The molecule has 2 heterocycles. The molecule has 2 saturated heterocycles. The lowest BCUT2D eigenvalue weighted by Gasteiger charge is -2.31. The van der Waals surface area contributed by atoms with Gasteiger partial charge in [-0.1, -0.05) is 0 Å². The van der Waals surface area contributed by atoms with Crippen LogP contribution in [0.5, 0.6) is 0 Å². The first-order valence-electron chi connectivity index (χ1n) is 6.32. The number of nitrogens with zero attached hydrogens (tertiary/aromatic N) is 3. The fraction of sp³-hybridized carbons (Fsp3) is 0.917. The van der Waals surface area contributed by atoms with Gasteiger partial charge in [-0.25, -0.2) is 14.8 Å². The monoisotopic (exact) mass is 257 g/mol. The summed E-state index contributed by atoms with van der Waals surface area (Å²) >= 11 is 0. The van der Waals surface area contributed by atoms with Gasteiger partial charge in [0.15, 0.2) is 0 Å². The molecule has 0 aromatic heterocycles. The molecule has 2 rings (SSSR count). The molecule has 3 unspecified atom stereocenters. The van der Waals surface area contributed by atoms with E-state index in [2.05, 4.69) is 4.90 Å². The maximum absolute atomic E-state index is 12.1. The molecule has 6 heteroatoms. The van der Waals surface area contributed by atoms with E-state index in [1.165, 1.54) is 0 Å². The molecule has 1 N–H and O–H groups in total. The SMILES string of the molecule is CN1CC(O)C2C1CN(C(=O)OC(C)(C)C)N2C. The highest BCUT2D eigenvalue weighted by Crippen LogP contribution is 2.30. The summed E-state index contributed by atoms with van der Waals surface area (Å²) in [6.07, 6.45) is -0.766. The highest BCUT2D eigenvalue weighted by molar-refractivity contribution is 5.68. The van der Waals surface area contributed by atoms with Crippen LogP contribution in [0.25, 0.3) is 0 Å². The van der Waals surface area contributed by atoms with Crippen LogP contribution in [0.2, 0.25) is 0 Å². The number of amides is 1. The first-order valence-corrected chi connectivity index (χ1v) is 6.32. The molecule has 18 heavy (non-hydrogen) atoms. The van der Waals surface area contributed by atoms with Crippen molar-refractivity contribution in [3.05, 3.63) is 0 Å². The molecule has 0 aromatic rings. The van der Waals surface area contributed by atoms with E-state index in [0.717, 1.165) is 0 Å². The number of carbonyl (C=O) groups excluding carboxylic acids is 1. The molecule has 2 fully saturated rings. The van der Waals surface area contributed by atoms with Gasteiger partial charge in [0.25, 0.3) is 0 Å². The summed E-state index contributed by atoms with van der Waals surface area (Å²) in [5, 5.41) is 13.4. The van der Waals surface area contributed by atoms with Crippen molar-refractivity contribution < 1.29 is 14.6 Å². The van der Waals surface area contributed by atoms with E-state index in [1.807, 2.05) is 39.9 Å². The van der Waals surface area contributed by atoms with E-state index < -0.39 is 11.7 Å². The Morgan fingerprint density at radius 2 is 1.89 bits per heavy atom. The normalized spacial score (nSPS) is 33.9. The molecule has 6 nitrogen and oxygen atoms in total. The minimum atomic E-state index is -0.500. The molecule has 0 saturated carbocycles. The van der Waals surface area contributed by atoms with Gasteiger partial charge in [-0.05, 0) is 27.8 Å². The predicted octanol–water partition coefficient (Wildman–Crippen LogP) is 0.127. The van der Waals surface area contributed by atoms with E-state index in [1.54, 1.807) is 5.01 Å². The summed E-state index contributed by atoms with van der Waals surface area (Å²) < 4.78 is 5.37. The Hall–Kier alpha value is -0.850. The molecule has 0 radical (unpaired) electrons. The van der Waals surface area contributed by atoms with Crippen molar-refractivity contribution in [3.8, 4) is 0 Å². The van der Waals surface area contributed by atoms with Crippen molar-refractivity contribution in [3.63, 3.8) is 0 Å². The third kappa shape index (κ3) is 2.32. The van der Waals surface area contributed by atoms with Gasteiger partial charge in [0.2, 0.25) is 0 Å². The van der Waals surface area contributed by atoms with E-state index >= 15 is 0 Å². The zero-order valence-electron chi connectivity index (χ0n) is 11.8. The molecule has 2 aliphatic rings. The number of hydrazine groups is 1.